The van der Waals surface area contributed by atoms with E-state index in [0.717, 1.165) is 24.5 Å². The molecule has 0 atom stereocenters. The molecule has 1 amide bonds. The highest BCUT2D eigenvalue weighted by Crippen LogP contribution is 2.32. The molecule has 0 aliphatic carbocycles. The fourth-order valence-corrected chi connectivity index (χ4v) is 4.78. The number of rotatable bonds is 5. The summed E-state index contributed by atoms with van der Waals surface area (Å²) < 4.78 is 27.5. The molecule has 0 unspecified atom stereocenters. The van der Waals surface area contributed by atoms with E-state index in [2.05, 4.69) is 14.9 Å². The number of thioether (sulfide) groups is 1. The van der Waals surface area contributed by atoms with Crippen LogP contribution >= 0.6 is 11.8 Å². The number of amides is 1. The molecule has 3 rings (SSSR count). The molecular formula is C15H21N3O3S2. The Balaban J connectivity index is 1.68. The minimum atomic E-state index is -3.55. The van der Waals surface area contributed by atoms with E-state index < -0.39 is 10.0 Å². The van der Waals surface area contributed by atoms with E-state index >= 15 is 0 Å². The van der Waals surface area contributed by atoms with Crippen molar-refractivity contribution in [2.75, 3.05) is 37.2 Å². The summed E-state index contributed by atoms with van der Waals surface area (Å²) in [5, 5.41) is 2.78. The lowest BCUT2D eigenvalue weighted by atomic mass is 10.3. The van der Waals surface area contributed by atoms with Crippen molar-refractivity contribution in [1.29, 1.82) is 0 Å². The van der Waals surface area contributed by atoms with Crippen molar-refractivity contribution >= 4 is 33.4 Å². The number of sulfonamides is 1. The minimum absolute atomic E-state index is 0.0761. The van der Waals surface area contributed by atoms with Gasteiger partial charge in [-0.25, -0.2) is 13.1 Å². The Labute approximate surface area is 141 Å². The zero-order valence-corrected chi connectivity index (χ0v) is 14.5. The lowest BCUT2D eigenvalue weighted by Gasteiger charge is -2.15. The molecule has 2 N–H and O–H groups in total. The predicted octanol–water partition coefficient (Wildman–Crippen LogP) is 1.49. The van der Waals surface area contributed by atoms with Crippen molar-refractivity contribution in [1.82, 2.24) is 9.62 Å². The molecule has 0 bridgehead atoms. The first-order valence-electron chi connectivity index (χ1n) is 7.83. The van der Waals surface area contributed by atoms with Crippen LogP contribution in [0, 0.1) is 0 Å². The molecule has 8 heteroatoms. The van der Waals surface area contributed by atoms with Crippen LogP contribution < -0.4 is 10.0 Å². The summed E-state index contributed by atoms with van der Waals surface area (Å²) in [5.41, 5.74) is 0.583. The van der Waals surface area contributed by atoms with Gasteiger partial charge in [-0.1, -0.05) is 0 Å². The van der Waals surface area contributed by atoms with E-state index in [-0.39, 0.29) is 10.8 Å². The van der Waals surface area contributed by atoms with Gasteiger partial charge in [0.1, 0.15) is 0 Å². The minimum Gasteiger partial charge on any atom is -0.325 e. The number of nitrogens with one attached hydrogen (secondary N) is 2. The van der Waals surface area contributed by atoms with Crippen LogP contribution in [-0.4, -0.2) is 51.2 Å². The van der Waals surface area contributed by atoms with Gasteiger partial charge in [0.05, 0.1) is 10.6 Å². The van der Waals surface area contributed by atoms with Gasteiger partial charge >= 0.3 is 0 Å². The number of benzene rings is 1. The Morgan fingerprint density at radius 3 is 2.83 bits per heavy atom. The van der Waals surface area contributed by atoms with Gasteiger partial charge in [-0.3, -0.25) is 4.79 Å². The van der Waals surface area contributed by atoms with Crippen LogP contribution in [-0.2, 0) is 14.8 Å². The van der Waals surface area contributed by atoms with Gasteiger partial charge in [-0.05, 0) is 44.1 Å². The fraction of sp³-hybridized carbons (Fsp3) is 0.533. The van der Waals surface area contributed by atoms with Gasteiger partial charge in [0, 0.05) is 30.2 Å². The summed E-state index contributed by atoms with van der Waals surface area (Å²) in [6.07, 6.45) is 2.82. The van der Waals surface area contributed by atoms with Crippen molar-refractivity contribution in [2.45, 2.75) is 29.1 Å². The number of hydrogen-bond donors (Lipinski definition) is 2. The van der Waals surface area contributed by atoms with Crippen molar-refractivity contribution in [3.05, 3.63) is 18.2 Å². The third-order valence-electron chi connectivity index (χ3n) is 4.04. The maximum atomic E-state index is 12.4. The molecule has 1 aromatic carbocycles. The highest BCUT2D eigenvalue weighted by molar-refractivity contribution is 7.99. The first-order valence-corrected chi connectivity index (χ1v) is 10.3. The van der Waals surface area contributed by atoms with Gasteiger partial charge in [-0.2, -0.15) is 0 Å². The quantitative estimate of drug-likeness (QED) is 0.837. The average Bonchev–Trinajstić information content (AvgIpc) is 2.94. The molecule has 23 heavy (non-hydrogen) atoms. The number of carbonyl (C=O) groups excluding carboxylic acids is 1. The van der Waals surface area contributed by atoms with E-state index in [1.165, 1.54) is 12.8 Å². The number of fused-ring (bicyclic) bond motifs is 1. The molecule has 0 saturated carbocycles. The predicted molar refractivity (Wildman–Crippen MR) is 91.3 cm³/mol. The molecule has 6 nitrogen and oxygen atoms in total. The molecule has 2 aliphatic heterocycles. The smallest absolute Gasteiger partial charge is 0.240 e. The molecular weight excluding hydrogens is 334 g/mol. The summed E-state index contributed by atoms with van der Waals surface area (Å²) in [5.74, 6) is 0.631. The van der Waals surface area contributed by atoms with E-state index in [0.29, 0.717) is 24.4 Å². The first-order chi connectivity index (χ1) is 11.0. The normalized spacial score (nSPS) is 19.2. The van der Waals surface area contributed by atoms with Crippen LogP contribution in [0.15, 0.2) is 28.0 Å². The zero-order chi connectivity index (χ0) is 16.3. The lowest BCUT2D eigenvalue weighted by molar-refractivity contribution is -0.115. The second-order valence-electron chi connectivity index (χ2n) is 5.75. The van der Waals surface area contributed by atoms with Crippen molar-refractivity contribution in [2.24, 2.45) is 0 Å². The molecule has 1 fully saturated rings. The molecule has 1 aromatic rings. The summed E-state index contributed by atoms with van der Waals surface area (Å²) >= 11 is 1.56. The second kappa shape index (κ2) is 7.21. The van der Waals surface area contributed by atoms with Crippen LogP contribution in [0.3, 0.4) is 0 Å². The van der Waals surface area contributed by atoms with Crippen LogP contribution in [0.25, 0.3) is 0 Å². The summed E-state index contributed by atoms with van der Waals surface area (Å²) in [6.45, 7) is 3.23. The van der Waals surface area contributed by atoms with E-state index in [9.17, 15) is 13.2 Å². The molecule has 2 aliphatic rings. The van der Waals surface area contributed by atoms with Gasteiger partial charge in [0.25, 0.3) is 0 Å². The molecule has 0 spiro atoms. The van der Waals surface area contributed by atoms with Gasteiger partial charge in [0.2, 0.25) is 15.9 Å². The van der Waals surface area contributed by atoms with E-state index in [1.54, 1.807) is 30.0 Å². The third kappa shape index (κ3) is 4.26. The van der Waals surface area contributed by atoms with E-state index in [4.69, 9.17) is 0 Å². The summed E-state index contributed by atoms with van der Waals surface area (Å²) in [6, 6.07) is 4.91. The van der Waals surface area contributed by atoms with Crippen molar-refractivity contribution < 1.29 is 13.2 Å². The second-order valence-corrected chi connectivity index (χ2v) is 8.65. The SMILES string of the molecule is O=C1CCSc2ccc(S(=O)(=O)NCCN3CCCC3)cc2N1. The number of nitrogens with zero attached hydrogens (tertiary/aromatic N) is 1. The maximum Gasteiger partial charge on any atom is 0.240 e. The number of anilines is 1. The van der Waals surface area contributed by atoms with Crippen LogP contribution in [0.4, 0.5) is 5.69 Å². The topological polar surface area (TPSA) is 78.5 Å². The van der Waals surface area contributed by atoms with Gasteiger partial charge in [0.15, 0.2) is 0 Å². The largest absolute Gasteiger partial charge is 0.325 e. The first kappa shape index (κ1) is 16.8. The Morgan fingerprint density at radius 2 is 2.04 bits per heavy atom. The Hall–Kier alpha value is -1.09. The number of carbonyl (C=O) groups is 1. The lowest BCUT2D eigenvalue weighted by Crippen LogP contribution is -2.33. The van der Waals surface area contributed by atoms with Crippen LogP contribution in [0.1, 0.15) is 19.3 Å². The molecule has 126 valence electrons. The highest BCUT2D eigenvalue weighted by atomic mass is 32.2. The van der Waals surface area contributed by atoms with Gasteiger partial charge in [-0.15, -0.1) is 11.8 Å². The van der Waals surface area contributed by atoms with Crippen LogP contribution in [0.5, 0.6) is 0 Å². The van der Waals surface area contributed by atoms with Crippen molar-refractivity contribution in [3.63, 3.8) is 0 Å². The molecule has 0 aromatic heterocycles. The molecule has 0 radical (unpaired) electrons. The zero-order valence-electron chi connectivity index (χ0n) is 12.9. The summed E-state index contributed by atoms with van der Waals surface area (Å²) in [4.78, 5) is 15.0. The Kier molecular flexibility index (Phi) is 5.25. The Bertz CT molecular complexity index is 685. The molecule has 1 saturated heterocycles. The Morgan fingerprint density at radius 1 is 1.26 bits per heavy atom. The number of likely N-dealkylation sites (tertiary alicyclic amines) is 1. The maximum absolute atomic E-state index is 12.4. The monoisotopic (exact) mass is 355 g/mol. The fourth-order valence-electron chi connectivity index (χ4n) is 2.79. The number of hydrogen-bond acceptors (Lipinski definition) is 5. The van der Waals surface area contributed by atoms with E-state index in [1.807, 2.05) is 0 Å². The standard InChI is InChI=1S/C15H21N3O3S2/c19-15-5-10-22-14-4-3-12(11-13(14)17-15)23(20,21)16-6-9-18-7-1-2-8-18/h3-4,11,16H,1-2,5-10H2,(H,17,19). The molecule has 2 heterocycles. The van der Waals surface area contributed by atoms with Gasteiger partial charge < -0.3 is 10.2 Å². The third-order valence-corrected chi connectivity index (χ3v) is 6.57. The summed E-state index contributed by atoms with van der Waals surface area (Å²) in [7, 11) is -3.55. The van der Waals surface area contributed by atoms with Crippen LogP contribution in [0.2, 0.25) is 0 Å². The average molecular weight is 355 g/mol. The van der Waals surface area contributed by atoms with Crippen molar-refractivity contribution in [3.8, 4) is 0 Å². The highest BCUT2D eigenvalue weighted by Gasteiger charge is 2.19.